The second kappa shape index (κ2) is 4.49. The van der Waals surface area contributed by atoms with E-state index in [0.717, 1.165) is 31.9 Å². The van der Waals surface area contributed by atoms with Gasteiger partial charge in [0.05, 0.1) is 11.1 Å². The predicted octanol–water partition coefficient (Wildman–Crippen LogP) is 2.66. The van der Waals surface area contributed by atoms with Crippen LogP contribution < -0.4 is 0 Å². The van der Waals surface area contributed by atoms with E-state index in [1.165, 1.54) is 12.4 Å². The Morgan fingerprint density at radius 1 is 0.895 bits per heavy atom. The van der Waals surface area contributed by atoms with Crippen LogP contribution in [-0.2, 0) is 10.0 Å². The zero-order chi connectivity index (χ0) is 14.4. The summed E-state index contributed by atoms with van der Waals surface area (Å²) in [6.07, 6.45) is 2.93. The molecule has 2 rings (SSSR count). The van der Waals surface area contributed by atoms with Gasteiger partial charge in [0.1, 0.15) is 0 Å². The highest BCUT2D eigenvalue weighted by molar-refractivity contribution is 7.90. The van der Waals surface area contributed by atoms with Crippen molar-refractivity contribution in [3.63, 3.8) is 0 Å². The maximum atomic E-state index is 12.7. The van der Waals surface area contributed by atoms with Crippen molar-refractivity contribution in [2.75, 3.05) is 0 Å². The van der Waals surface area contributed by atoms with Crippen LogP contribution in [0, 0.1) is 34.6 Å². The van der Waals surface area contributed by atoms with E-state index in [4.69, 9.17) is 0 Å². The molecule has 5 heteroatoms. The highest BCUT2D eigenvalue weighted by Gasteiger charge is 2.25. The molecule has 0 aliphatic rings. The van der Waals surface area contributed by atoms with Crippen molar-refractivity contribution in [1.82, 2.24) is 9.19 Å². The predicted molar refractivity (Wildman–Crippen MR) is 74.9 cm³/mol. The summed E-state index contributed by atoms with van der Waals surface area (Å²) >= 11 is 0. The first kappa shape index (κ1) is 13.8. The van der Waals surface area contributed by atoms with E-state index >= 15 is 0 Å². The lowest BCUT2D eigenvalue weighted by Gasteiger charge is -2.18. The first-order chi connectivity index (χ1) is 8.78. The van der Waals surface area contributed by atoms with Crippen LogP contribution in [0.15, 0.2) is 23.4 Å². The van der Waals surface area contributed by atoms with E-state index in [1.54, 1.807) is 6.07 Å². The molecule has 2 aromatic rings. The van der Waals surface area contributed by atoms with Crippen molar-refractivity contribution in [2.45, 2.75) is 39.5 Å². The third kappa shape index (κ3) is 1.98. The van der Waals surface area contributed by atoms with Crippen LogP contribution in [0.4, 0.5) is 0 Å². The van der Waals surface area contributed by atoms with E-state index in [9.17, 15) is 8.42 Å². The van der Waals surface area contributed by atoms with Gasteiger partial charge in [0, 0.05) is 6.20 Å². The van der Waals surface area contributed by atoms with Crippen molar-refractivity contribution in [3.05, 3.63) is 46.3 Å². The Balaban J connectivity index is 2.85. The van der Waals surface area contributed by atoms with Crippen LogP contribution >= 0.6 is 0 Å². The smallest absolute Gasteiger partial charge is 0.199 e. The molecule has 0 spiro atoms. The Labute approximate surface area is 114 Å². The summed E-state index contributed by atoms with van der Waals surface area (Å²) in [5, 5.41) is 3.86. The Morgan fingerprint density at radius 2 is 1.37 bits per heavy atom. The molecule has 1 heterocycles. The average molecular weight is 278 g/mol. The molecule has 1 aromatic carbocycles. The van der Waals surface area contributed by atoms with E-state index in [1.807, 2.05) is 34.6 Å². The minimum atomic E-state index is -3.61. The van der Waals surface area contributed by atoms with Gasteiger partial charge in [0.2, 0.25) is 0 Å². The number of nitrogens with zero attached hydrogens (tertiary/aromatic N) is 2. The zero-order valence-electron chi connectivity index (χ0n) is 11.9. The Bertz CT molecular complexity index is 700. The molecule has 0 radical (unpaired) electrons. The highest BCUT2D eigenvalue weighted by atomic mass is 32.2. The van der Waals surface area contributed by atoms with Crippen LogP contribution in [0.2, 0.25) is 0 Å². The number of hydrogen-bond donors (Lipinski definition) is 0. The molecule has 4 nitrogen and oxygen atoms in total. The van der Waals surface area contributed by atoms with E-state index in [0.29, 0.717) is 4.90 Å². The fraction of sp³-hybridized carbons (Fsp3) is 0.357. The molecular weight excluding hydrogens is 260 g/mol. The number of hydrogen-bond acceptors (Lipinski definition) is 3. The first-order valence-electron chi connectivity index (χ1n) is 6.10. The number of rotatable bonds is 2. The molecule has 0 fully saturated rings. The summed E-state index contributed by atoms with van der Waals surface area (Å²) < 4.78 is 26.3. The van der Waals surface area contributed by atoms with Gasteiger partial charge in [0.25, 0.3) is 10.0 Å². The summed E-state index contributed by atoms with van der Waals surface area (Å²) in [7, 11) is -3.61. The standard InChI is InChI=1S/C14H18N2O2S/c1-9-10(2)12(4)14(13(5)11(9)3)19(17,18)16-8-6-7-15-16/h6-8H,1-5H3. The van der Waals surface area contributed by atoms with Crippen molar-refractivity contribution < 1.29 is 8.42 Å². The van der Waals surface area contributed by atoms with Gasteiger partial charge in [0.15, 0.2) is 0 Å². The van der Waals surface area contributed by atoms with Gasteiger partial charge in [-0.3, -0.25) is 0 Å². The topological polar surface area (TPSA) is 52.0 Å². The van der Waals surface area contributed by atoms with E-state index < -0.39 is 10.0 Å². The van der Waals surface area contributed by atoms with Gasteiger partial charge >= 0.3 is 0 Å². The normalized spacial score (nSPS) is 11.8. The highest BCUT2D eigenvalue weighted by Crippen LogP contribution is 2.30. The molecule has 0 aliphatic carbocycles. The molecule has 0 amide bonds. The van der Waals surface area contributed by atoms with Gasteiger partial charge in [-0.25, -0.2) is 0 Å². The average Bonchev–Trinajstić information content (AvgIpc) is 2.88. The fourth-order valence-corrected chi connectivity index (χ4v) is 4.02. The quantitative estimate of drug-likeness (QED) is 0.848. The molecule has 102 valence electrons. The summed E-state index contributed by atoms with van der Waals surface area (Å²) in [4.78, 5) is 0.372. The van der Waals surface area contributed by atoms with Crippen molar-refractivity contribution in [2.24, 2.45) is 0 Å². The summed E-state index contributed by atoms with van der Waals surface area (Å²) in [6, 6.07) is 1.61. The van der Waals surface area contributed by atoms with E-state index in [-0.39, 0.29) is 0 Å². The van der Waals surface area contributed by atoms with Crippen molar-refractivity contribution in [3.8, 4) is 0 Å². The molecule has 0 saturated heterocycles. The Hall–Kier alpha value is -1.62. The molecule has 1 aromatic heterocycles. The molecule has 0 saturated carbocycles. The molecular formula is C14H18N2O2S. The SMILES string of the molecule is Cc1c(C)c(C)c(S(=O)(=O)n2cccn2)c(C)c1C. The second-order valence-electron chi connectivity index (χ2n) is 4.84. The van der Waals surface area contributed by atoms with E-state index in [2.05, 4.69) is 5.10 Å². The number of aromatic nitrogens is 2. The van der Waals surface area contributed by atoms with Crippen LogP contribution in [0.25, 0.3) is 0 Å². The third-order valence-electron chi connectivity index (χ3n) is 3.92. The summed E-state index contributed by atoms with van der Waals surface area (Å²) in [5.41, 5.74) is 4.80. The van der Waals surface area contributed by atoms with Gasteiger partial charge in [-0.05, 0) is 68.5 Å². The zero-order valence-corrected chi connectivity index (χ0v) is 12.7. The lowest BCUT2D eigenvalue weighted by atomic mass is 9.95. The third-order valence-corrected chi connectivity index (χ3v) is 5.75. The second-order valence-corrected chi connectivity index (χ2v) is 6.57. The van der Waals surface area contributed by atoms with Crippen molar-refractivity contribution >= 4 is 10.0 Å². The van der Waals surface area contributed by atoms with Crippen LogP contribution in [0.1, 0.15) is 27.8 Å². The molecule has 0 aliphatic heterocycles. The molecule has 0 bridgehead atoms. The Morgan fingerprint density at radius 3 is 1.79 bits per heavy atom. The maximum Gasteiger partial charge on any atom is 0.283 e. The lowest BCUT2D eigenvalue weighted by Crippen LogP contribution is -2.18. The minimum absolute atomic E-state index is 0.372. The van der Waals surface area contributed by atoms with Gasteiger partial charge < -0.3 is 0 Å². The van der Waals surface area contributed by atoms with Gasteiger partial charge in [-0.2, -0.15) is 17.6 Å². The molecule has 19 heavy (non-hydrogen) atoms. The summed E-state index contributed by atoms with van der Waals surface area (Å²) in [5.74, 6) is 0. The van der Waals surface area contributed by atoms with Gasteiger partial charge in [-0.1, -0.05) is 0 Å². The molecule has 0 N–H and O–H groups in total. The maximum absolute atomic E-state index is 12.7. The molecule has 0 unspecified atom stereocenters. The number of benzene rings is 1. The molecule has 0 atom stereocenters. The first-order valence-corrected chi connectivity index (χ1v) is 7.54. The van der Waals surface area contributed by atoms with Crippen LogP contribution in [0.5, 0.6) is 0 Å². The van der Waals surface area contributed by atoms with Crippen molar-refractivity contribution in [1.29, 1.82) is 0 Å². The monoisotopic (exact) mass is 278 g/mol. The minimum Gasteiger partial charge on any atom is -0.199 e. The summed E-state index contributed by atoms with van der Waals surface area (Å²) in [6.45, 7) is 9.64. The largest absolute Gasteiger partial charge is 0.283 e. The van der Waals surface area contributed by atoms with Crippen LogP contribution in [0.3, 0.4) is 0 Å². The van der Waals surface area contributed by atoms with Crippen LogP contribution in [-0.4, -0.2) is 17.6 Å². The van der Waals surface area contributed by atoms with Gasteiger partial charge in [-0.15, -0.1) is 0 Å². The lowest BCUT2D eigenvalue weighted by molar-refractivity contribution is 0.578. The Kier molecular flexibility index (Phi) is 3.26. The fourth-order valence-electron chi connectivity index (χ4n) is 2.34.